The van der Waals surface area contributed by atoms with E-state index in [0.29, 0.717) is 0 Å². The van der Waals surface area contributed by atoms with Crippen LogP contribution < -0.4 is 5.73 Å². The number of nitrogens with zero attached hydrogens (tertiary/aromatic N) is 1. The van der Waals surface area contributed by atoms with Gasteiger partial charge in [0.2, 0.25) is 0 Å². The molecule has 0 aliphatic rings. The molecular formula is C16H13BrN2. The summed E-state index contributed by atoms with van der Waals surface area (Å²) in [5.41, 5.74) is 11.0. The lowest BCUT2D eigenvalue weighted by atomic mass is 10.1. The number of hydrogen-bond donors (Lipinski definition) is 1. The molecule has 0 amide bonds. The summed E-state index contributed by atoms with van der Waals surface area (Å²) < 4.78 is 1.03. The predicted molar refractivity (Wildman–Crippen MR) is 84.0 cm³/mol. The standard InChI is InChI=1S/C16H13BrN2/c1-10-7-12(17)8-13-14(18)9-15(19-16(10)13)11-5-3-2-4-6-11/h2-9H,1H3,(H2,18,19). The summed E-state index contributed by atoms with van der Waals surface area (Å²) in [5, 5.41) is 0.992. The number of nitrogens with two attached hydrogens (primary N) is 1. The van der Waals surface area contributed by atoms with Gasteiger partial charge in [-0.05, 0) is 30.7 Å². The first-order valence-corrected chi connectivity index (χ1v) is 6.86. The van der Waals surface area contributed by atoms with Crippen molar-refractivity contribution in [1.29, 1.82) is 0 Å². The van der Waals surface area contributed by atoms with Gasteiger partial charge in [0.05, 0.1) is 11.2 Å². The maximum Gasteiger partial charge on any atom is 0.0760 e. The molecule has 0 aliphatic carbocycles. The van der Waals surface area contributed by atoms with Gasteiger partial charge in [-0.3, -0.25) is 0 Å². The highest BCUT2D eigenvalue weighted by atomic mass is 79.9. The van der Waals surface area contributed by atoms with Gasteiger partial charge in [0.25, 0.3) is 0 Å². The Bertz CT molecular complexity index is 752. The zero-order chi connectivity index (χ0) is 13.4. The van der Waals surface area contributed by atoms with Crippen LogP contribution in [0.3, 0.4) is 0 Å². The van der Waals surface area contributed by atoms with Gasteiger partial charge in [0.15, 0.2) is 0 Å². The lowest BCUT2D eigenvalue weighted by Gasteiger charge is -2.09. The van der Waals surface area contributed by atoms with E-state index in [2.05, 4.69) is 22.0 Å². The summed E-state index contributed by atoms with van der Waals surface area (Å²) in [6, 6.07) is 16.1. The molecule has 0 spiro atoms. The molecule has 1 aromatic heterocycles. The Morgan fingerprint density at radius 3 is 2.53 bits per heavy atom. The normalized spacial score (nSPS) is 10.8. The van der Waals surface area contributed by atoms with Crippen LogP contribution in [0.25, 0.3) is 22.2 Å². The van der Waals surface area contributed by atoms with E-state index in [4.69, 9.17) is 10.7 Å². The maximum atomic E-state index is 6.17. The maximum absolute atomic E-state index is 6.17. The first-order chi connectivity index (χ1) is 9.15. The summed E-state index contributed by atoms with van der Waals surface area (Å²) in [5.74, 6) is 0. The molecule has 3 heteroatoms. The Balaban J connectivity index is 2.31. The molecule has 0 radical (unpaired) electrons. The fraction of sp³-hybridized carbons (Fsp3) is 0.0625. The number of fused-ring (bicyclic) bond motifs is 1. The predicted octanol–water partition coefficient (Wildman–Crippen LogP) is 4.55. The van der Waals surface area contributed by atoms with Gasteiger partial charge in [0.1, 0.15) is 0 Å². The molecule has 0 aliphatic heterocycles. The van der Waals surface area contributed by atoms with Crippen molar-refractivity contribution in [2.45, 2.75) is 6.92 Å². The Morgan fingerprint density at radius 2 is 1.79 bits per heavy atom. The molecule has 1 heterocycles. The second-order valence-corrected chi connectivity index (χ2v) is 5.50. The lowest BCUT2D eigenvalue weighted by Crippen LogP contribution is -1.94. The lowest BCUT2D eigenvalue weighted by molar-refractivity contribution is 1.36. The number of pyridine rings is 1. The van der Waals surface area contributed by atoms with E-state index in [1.807, 2.05) is 49.4 Å². The average molecular weight is 313 g/mol. The highest BCUT2D eigenvalue weighted by Gasteiger charge is 2.08. The summed E-state index contributed by atoms with van der Waals surface area (Å²) in [6.07, 6.45) is 0. The Hall–Kier alpha value is -1.87. The second kappa shape index (κ2) is 4.67. The van der Waals surface area contributed by atoms with E-state index in [0.717, 1.165) is 37.9 Å². The second-order valence-electron chi connectivity index (χ2n) is 4.58. The van der Waals surface area contributed by atoms with Crippen molar-refractivity contribution in [2.24, 2.45) is 0 Å². The zero-order valence-corrected chi connectivity index (χ0v) is 12.1. The third-order valence-corrected chi connectivity index (χ3v) is 3.63. The number of nitrogen functional groups attached to an aromatic ring is 1. The smallest absolute Gasteiger partial charge is 0.0760 e. The number of aryl methyl sites for hydroxylation is 1. The third kappa shape index (κ3) is 2.22. The SMILES string of the molecule is Cc1cc(Br)cc2c(N)cc(-c3ccccc3)nc12. The third-order valence-electron chi connectivity index (χ3n) is 3.17. The number of halogens is 1. The molecule has 0 atom stereocenters. The van der Waals surface area contributed by atoms with Gasteiger partial charge < -0.3 is 5.73 Å². The summed E-state index contributed by atoms with van der Waals surface area (Å²) >= 11 is 3.50. The van der Waals surface area contributed by atoms with E-state index in [9.17, 15) is 0 Å². The van der Waals surface area contributed by atoms with E-state index >= 15 is 0 Å². The van der Waals surface area contributed by atoms with Crippen LogP contribution in [0.15, 0.2) is 53.0 Å². The van der Waals surface area contributed by atoms with Crippen molar-refractivity contribution in [3.63, 3.8) is 0 Å². The van der Waals surface area contributed by atoms with E-state index in [1.165, 1.54) is 0 Å². The van der Waals surface area contributed by atoms with Crippen molar-refractivity contribution >= 4 is 32.5 Å². The van der Waals surface area contributed by atoms with E-state index < -0.39 is 0 Å². The fourth-order valence-corrected chi connectivity index (χ4v) is 2.81. The fourth-order valence-electron chi connectivity index (χ4n) is 2.24. The molecule has 0 fully saturated rings. The molecule has 0 saturated carbocycles. The quantitative estimate of drug-likeness (QED) is 0.715. The molecule has 0 unspecified atom stereocenters. The van der Waals surface area contributed by atoms with Crippen molar-refractivity contribution in [3.05, 3.63) is 58.6 Å². The highest BCUT2D eigenvalue weighted by Crippen LogP contribution is 2.30. The van der Waals surface area contributed by atoms with Gasteiger partial charge >= 0.3 is 0 Å². The number of benzene rings is 2. The van der Waals surface area contributed by atoms with Crippen molar-refractivity contribution in [1.82, 2.24) is 4.98 Å². The first-order valence-electron chi connectivity index (χ1n) is 6.07. The van der Waals surface area contributed by atoms with E-state index in [-0.39, 0.29) is 0 Å². The van der Waals surface area contributed by atoms with Crippen LogP contribution in [0.5, 0.6) is 0 Å². The molecule has 0 bridgehead atoms. The van der Waals surface area contributed by atoms with Crippen LogP contribution in [0.4, 0.5) is 5.69 Å². The number of rotatable bonds is 1. The van der Waals surface area contributed by atoms with Gasteiger partial charge in [-0.2, -0.15) is 0 Å². The molecule has 94 valence electrons. The Labute approximate surface area is 120 Å². The largest absolute Gasteiger partial charge is 0.398 e. The van der Waals surface area contributed by atoms with Crippen LogP contribution in [0.2, 0.25) is 0 Å². The molecule has 19 heavy (non-hydrogen) atoms. The number of aromatic nitrogens is 1. The van der Waals surface area contributed by atoms with Crippen LogP contribution in [0.1, 0.15) is 5.56 Å². The highest BCUT2D eigenvalue weighted by molar-refractivity contribution is 9.10. The molecule has 3 aromatic rings. The van der Waals surface area contributed by atoms with Crippen molar-refractivity contribution in [2.75, 3.05) is 5.73 Å². The summed E-state index contributed by atoms with van der Waals surface area (Å²) in [6.45, 7) is 2.05. The molecule has 2 aromatic carbocycles. The van der Waals surface area contributed by atoms with Gasteiger partial charge in [-0.15, -0.1) is 0 Å². The summed E-state index contributed by atoms with van der Waals surface area (Å²) in [7, 11) is 0. The monoisotopic (exact) mass is 312 g/mol. The average Bonchev–Trinajstić information content (AvgIpc) is 2.41. The van der Waals surface area contributed by atoms with Gasteiger partial charge in [-0.25, -0.2) is 4.98 Å². The van der Waals surface area contributed by atoms with Gasteiger partial charge in [0, 0.05) is 21.1 Å². The zero-order valence-electron chi connectivity index (χ0n) is 10.5. The van der Waals surface area contributed by atoms with Gasteiger partial charge in [-0.1, -0.05) is 46.3 Å². The molecule has 3 rings (SSSR count). The minimum absolute atomic E-state index is 0.758. The minimum atomic E-state index is 0.758. The number of anilines is 1. The Kier molecular flexibility index (Phi) is 2.99. The molecular weight excluding hydrogens is 300 g/mol. The summed E-state index contributed by atoms with van der Waals surface area (Å²) in [4.78, 5) is 4.75. The van der Waals surface area contributed by atoms with Crippen LogP contribution >= 0.6 is 15.9 Å². The molecule has 2 nitrogen and oxygen atoms in total. The minimum Gasteiger partial charge on any atom is -0.398 e. The first kappa shape index (κ1) is 12.2. The number of hydrogen-bond acceptors (Lipinski definition) is 2. The van der Waals surface area contributed by atoms with Crippen LogP contribution in [0, 0.1) is 6.92 Å². The van der Waals surface area contributed by atoms with E-state index in [1.54, 1.807) is 0 Å². The molecule has 2 N–H and O–H groups in total. The van der Waals surface area contributed by atoms with Crippen LogP contribution in [-0.2, 0) is 0 Å². The van der Waals surface area contributed by atoms with Crippen molar-refractivity contribution in [3.8, 4) is 11.3 Å². The van der Waals surface area contributed by atoms with Crippen LogP contribution in [-0.4, -0.2) is 4.98 Å². The molecule has 0 saturated heterocycles. The van der Waals surface area contributed by atoms with Crippen molar-refractivity contribution < 1.29 is 0 Å². The Morgan fingerprint density at radius 1 is 1.05 bits per heavy atom. The topological polar surface area (TPSA) is 38.9 Å².